The highest BCUT2D eigenvalue weighted by Crippen LogP contribution is 2.28. The van der Waals surface area contributed by atoms with Crippen LogP contribution >= 0.6 is 11.8 Å². The molecule has 1 aromatic heterocycles. The van der Waals surface area contributed by atoms with Gasteiger partial charge in [0.15, 0.2) is 5.69 Å². The van der Waals surface area contributed by atoms with Gasteiger partial charge < -0.3 is 10.1 Å². The number of nitrogens with zero attached hydrogens (tertiary/aromatic N) is 2. The highest BCUT2D eigenvalue weighted by Gasteiger charge is 2.20. The first-order valence-corrected chi connectivity index (χ1v) is 7.71. The van der Waals surface area contributed by atoms with Crippen molar-refractivity contribution in [2.24, 2.45) is 0 Å². The number of anilines is 1. The summed E-state index contributed by atoms with van der Waals surface area (Å²) in [6.07, 6.45) is 9.95. The minimum absolute atomic E-state index is 0.241. The summed E-state index contributed by atoms with van der Waals surface area (Å²) in [5, 5.41) is 4.14. The number of rotatable bonds is 4. The van der Waals surface area contributed by atoms with Crippen LogP contribution in [0, 0.1) is 0 Å². The number of hydrogen-bond acceptors (Lipinski definition) is 6. The molecule has 5 nitrogen and oxygen atoms in total. The molecule has 0 bridgehead atoms. The van der Waals surface area contributed by atoms with Gasteiger partial charge in [-0.2, -0.15) is 11.8 Å². The highest BCUT2D eigenvalue weighted by molar-refractivity contribution is 7.99. The van der Waals surface area contributed by atoms with Gasteiger partial charge in [0, 0.05) is 11.3 Å². The molecule has 1 aliphatic rings. The lowest BCUT2D eigenvalue weighted by Gasteiger charge is -2.28. The van der Waals surface area contributed by atoms with Crippen LogP contribution in [0.25, 0.3) is 0 Å². The quantitative estimate of drug-likeness (QED) is 0.855. The van der Waals surface area contributed by atoms with Gasteiger partial charge in [-0.3, -0.25) is 4.98 Å². The van der Waals surface area contributed by atoms with Crippen LogP contribution in [0.2, 0.25) is 0 Å². The van der Waals surface area contributed by atoms with E-state index in [0.717, 1.165) is 18.1 Å². The Kier molecular flexibility index (Phi) is 5.01. The van der Waals surface area contributed by atoms with Crippen molar-refractivity contribution in [2.45, 2.75) is 37.0 Å². The molecule has 1 aliphatic carbocycles. The van der Waals surface area contributed by atoms with E-state index in [1.54, 1.807) is 6.20 Å². The molecule has 1 heterocycles. The summed E-state index contributed by atoms with van der Waals surface area (Å²) in [5.74, 6) is 0.192. The van der Waals surface area contributed by atoms with Crippen LogP contribution in [0.15, 0.2) is 12.4 Å². The number of esters is 1. The second-order valence-electron chi connectivity index (χ2n) is 4.63. The maximum atomic E-state index is 11.4. The van der Waals surface area contributed by atoms with Crippen LogP contribution in [-0.2, 0) is 4.74 Å². The van der Waals surface area contributed by atoms with Gasteiger partial charge in [0.05, 0.1) is 19.5 Å². The van der Waals surface area contributed by atoms with Crippen molar-refractivity contribution < 1.29 is 9.53 Å². The molecule has 1 saturated carbocycles. The third kappa shape index (κ3) is 3.83. The smallest absolute Gasteiger partial charge is 0.358 e. The second-order valence-corrected chi connectivity index (χ2v) is 5.77. The molecule has 0 atom stereocenters. The van der Waals surface area contributed by atoms with Crippen LogP contribution < -0.4 is 5.32 Å². The van der Waals surface area contributed by atoms with Gasteiger partial charge in [0.2, 0.25) is 0 Å². The molecule has 19 heavy (non-hydrogen) atoms. The van der Waals surface area contributed by atoms with Crippen molar-refractivity contribution >= 4 is 23.5 Å². The first-order valence-electron chi connectivity index (χ1n) is 6.42. The number of methoxy groups -OCH3 is 1. The Balaban J connectivity index is 1.94. The molecule has 0 spiro atoms. The largest absolute Gasteiger partial charge is 0.464 e. The van der Waals surface area contributed by atoms with E-state index in [2.05, 4.69) is 26.3 Å². The van der Waals surface area contributed by atoms with E-state index in [1.165, 1.54) is 26.1 Å². The predicted octanol–water partition coefficient (Wildman–Crippen LogP) is 2.35. The average molecular weight is 281 g/mol. The normalized spacial score (nSPS) is 22.8. The third-order valence-corrected chi connectivity index (χ3v) is 4.53. The zero-order chi connectivity index (χ0) is 13.7. The van der Waals surface area contributed by atoms with Crippen LogP contribution in [0.5, 0.6) is 0 Å². The Bertz CT molecular complexity index is 434. The minimum Gasteiger partial charge on any atom is -0.464 e. The van der Waals surface area contributed by atoms with E-state index in [0.29, 0.717) is 11.9 Å². The molecule has 0 radical (unpaired) electrons. The number of thioether (sulfide) groups is 1. The molecule has 0 aromatic carbocycles. The number of aromatic nitrogens is 2. The van der Waals surface area contributed by atoms with E-state index in [9.17, 15) is 4.79 Å². The fourth-order valence-electron chi connectivity index (χ4n) is 2.29. The number of carbonyl (C=O) groups excluding carboxylic acids is 1. The first-order chi connectivity index (χ1) is 9.22. The van der Waals surface area contributed by atoms with Gasteiger partial charge in [-0.15, -0.1) is 0 Å². The molecule has 0 saturated heterocycles. The topological polar surface area (TPSA) is 64.1 Å². The molecule has 1 aromatic rings. The standard InChI is InChI=1S/C13H19N3O2S/c1-18-13(17)11-7-14-8-12(16-11)15-9-3-5-10(19-2)6-4-9/h7-10H,3-6H2,1-2H3,(H,15,16). The summed E-state index contributed by atoms with van der Waals surface area (Å²) in [7, 11) is 1.34. The van der Waals surface area contributed by atoms with E-state index in [-0.39, 0.29) is 5.69 Å². The van der Waals surface area contributed by atoms with E-state index in [4.69, 9.17) is 0 Å². The maximum absolute atomic E-state index is 11.4. The zero-order valence-electron chi connectivity index (χ0n) is 11.3. The van der Waals surface area contributed by atoms with Gasteiger partial charge in [0.25, 0.3) is 0 Å². The van der Waals surface area contributed by atoms with Gasteiger partial charge in [-0.05, 0) is 31.9 Å². The van der Waals surface area contributed by atoms with Crippen molar-refractivity contribution in [3.63, 3.8) is 0 Å². The second kappa shape index (κ2) is 6.75. The van der Waals surface area contributed by atoms with Gasteiger partial charge in [-0.1, -0.05) is 0 Å². The van der Waals surface area contributed by atoms with Crippen molar-refractivity contribution in [3.05, 3.63) is 18.1 Å². The van der Waals surface area contributed by atoms with E-state index in [1.807, 2.05) is 11.8 Å². The summed E-state index contributed by atoms with van der Waals surface area (Å²) >= 11 is 1.95. The molecular weight excluding hydrogens is 262 g/mol. The summed E-state index contributed by atoms with van der Waals surface area (Å²) in [6.45, 7) is 0. The maximum Gasteiger partial charge on any atom is 0.358 e. The number of ether oxygens (including phenoxy) is 1. The monoisotopic (exact) mass is 281 g/mol. The molecule has 0 amide bonds. The van der Waals surface area contributed by atoms with Crippen molar-refractivity contribution in [1.29, 1.82) is 0 Å². The predicted molar refractivity (Wildman–Crippen MR) is 76.6 cm³/mol. The fraction of sp³-hybridized carbons (Fsp3) is 0.615. The summed E-state index contributed by atoms with van der Waals surface area (Å²) in [5.41, 5.74) is 0.241. The molecule has 0 unspecified atom stereocenters. The third-order valence-electron chi connectivity index (χ3n) is 3.39. The van der Waals surface area contributed by atoms with Gasteiger partial charge in [0.1, 0.15) is 5.82 Å². The lowest BCUT2D eigenvalue weighted by atomic mass is 9.95. The Labute approximate surface area is 117 Å². The number of hydrogen-bond donors (Lipinski definition) is 1. The number of carbonyl (C=O) groups is 1. The molecule has 0 aliphatic heterocycles. The van der Waals surface area contributed by atoms with Gasteiger partial charge in [-0.25, -0.2) is 9.78 Å². The summed E-state index contributed by atoms with van der Waals surface area (Å²) in [4.78, 5) is 19.6. The number of nitrogens with one attached hydrogen (secondary N) is 1. The Morgan fingerprint density at radius 1 is 1.37 bits per heavy atom. The van der Waals surface area contributed by atoms with Crippen LogP contribution in [0.3, 0.4) is 0 Å². The highest BCUT2D eigenvalue weighted by atomic mass is 32.2. The molecule has 6 heteroatoms. The lowest BCUT2D eigenvalue weighted by molar-refractivity contribution is 0.0593. The summed E-state index contributed by atoms with van der Waals surface area (Å²) in [6, 6.07) is 0.422. The molecular formula is C13H19N3O2S. The van der Waals surface area contributed by atoms with Crippen molar-refractivity contribution in [3.8, 4) is 0 Å². The van der Waals surface area contributed by atoms with Crippen LogP contribution in [0.1, 0.15) is 36.2 Å². The van der Waals surface area contributed by atoms with E-state index < -0.39 is 5.97 Å². The minimum atomic E-state index is -0.456. The Hall–Kier alpha value is -1.30. The Morgan fingerprint density at radius 2 is 2.11 bits per heavy atom. The Morgan fingerprint density at radius 3 is 2.74 bits per heavy atom. The molecule has 104 valence electrons. The van der Waals surface area contributed by atoms with Crippen molar-refractivity contribution in [2.75, 3.05) is 18.7 Å². The molecule has 1 N–H and O–H groups in total. The van der Waals surface area contributed by atoms with Crippen LogP contribution in [-0.4, -0.2) is 40.6 Å². The lowest BCUT2D eigenvalue weighted by Crippen LogP contribution is -2.27. The van der Waals surface area contributed by atoms with E-state index >= 15 is 0 Å². The van der Waals surface area contributed by atoms with Gasteiger partial charge >= 0.3 is 5.97 Å². The van der Waals surface area contributed by atoms with Crippen molar-refractivity contribution in [1.82, 2.24) is 9.97 Å². The first kappa shape index (κ1) is 14.1. The molecule has 1 fully saturated rings. The molecule has 2 rings (SSSR count). The average Bonchev–Trinajstić information content (AvgIpc) is 2.47. The fourth-order valence-corrected chi connectivity index (χ4v) is 3.03. The SMILES string of the molecule is COC(=O)c1cncc(NC2CCC(SC)CC2)n1. The van der Waals surface area contributed by atoms with Crippen LogP contribution in [0.4, 0.5) is 5.82 Å². The zero-order valence-corrected chi connectivity index (χ0v) is 12.1. The summed E-state index contributed by atoms with van der Waals surface area (Å²) < 4.78 is 4.64.